The Kier molecular flexibility index (Phi) is 2.16. The minimum absolute atomic E-state index is 0.142. The second-order valence-electron chi connectivity index (χ2n) is 3.22. The summed E-state index contributed by atoms with van der Waals surface area (Å²) in [6.45, 7) is 0. The fourth-order valence-electron chi connectivity index (χ4n) is 1.43. The van der Waals surface area contributed by atoms with Crippen LogP contribution in [0.15, 0.2) is 38.6 Å². The summed E-state index contributed by atoms with van der Waals surface area (Å²) in [5.41, 5.74) is -3.77. The predicted molar refractivity (Wildman–Crippen MR) is 54.7 cm³/mol. The van der Waals surface area contributed by atoms with Crippen molar-refractivity contribution >= 4 is 0 Å². The molecule has 0 aromatic heterocycles. The average Bonchev–Trinajstić information content (AvgIpc) is 2.46. The summed E-state index contributed by atoms with van der Waals surface area (Å²) in [5, 5.41) is 9.32. The van der Waals surface area contributed by atoms with Crippen molar-refractivity contribution < 1.29 is 9.50 Å². The van der Waals surface area contributed by atoms with E-state index in [1.807, 2.05) is 0 Å². The minimum Gasteiger partial charge on any atom is -0.503 e. The lowest BCUT2D eigenvalue weighted by atomic mass is 10.1. The summed E-state index contributed by atoms with van der Waals surface area (Å²) < 4.78 is 12.6. The first kappa shape index (κ1) is 10.2. The zero-order valence-corrected chi connectivity index (χ0v) is 7.86. The second-order valence-corrected chi connectivity index (χ2v) is 3.22. The van der Waals surface area contributed by atoms with Crippen LogP contribution >= 0.6 is 0 Å². The highest BCUT2D eigenvalue weighted by molar-refractivity contribution is 5.70. The van der Waals surface area contributed by atoms with E-state index in [4.69, 9.17) is 0 Å². The van der Waals surface area contributed by atoms with Gasteiger partial charge in [-0.25, -0.2) is 4.39 Å². The molecule has 16 heavy (non-hydrogen) atoms. The topological polar surface area (TPSA) is 71.4 Å². The Balaban J connectivity index is 2.80. The SMILES string of the molecule is O=c1c(O)c(-c2ccc(F)cc2)c(=O)c1=O. The lowest BCUT2D eigenvalue weighted by Gasteiger charge is -1.96. The third kappa shape index (κ3) is 1.33. The van der Waals surface area contributed by atoms with E-state index in [9.17, 15) is 23.9 Å². The molecule has 0 aliphatic heterocycles. The van der Waals surface area contributed by atoms with Gasteiger partial charge >= 0.3 is 0 Å². The van der Waals surface area contributed by atoms with Gasteiger partial charge in [0, 0.05) is 0 Å². The van der Waals surface area contributed by atoms with Crippen LogP contribution in [0.4, 0.5) is 4.39 Å². The third-order valence-corrected chi connectivity index (χ3v) is 2.22. The summed E-state index contributed by atoms with van der Waals surface area (Å²) in [7, 11) is 0. The summed E-state index contributed by atoms with van der Waals surface area (Å²) >= 11 is 0. The van der Waals surface area contributed by atoms with E-state index in [2.05, 4.69) is 0 Å². The molecular weight excluding hydrogens is 215 g/mol. The molecule has 0 aliphatic carbocycles. The normalized spacial score (nSPS) is 10.6. The van der Waals surface area contributed by atoms with Crippen molar-refractivity contribution in [3.05, 3.63) is 60.8 Å². The van der Waals surface area contributed by atoms with Crippen LogP contribution in [0.25, 0.3) is 11.1 Å². The largest absolute Gasteiger partial charge is 0.503 e. The van der Waals surface area contributed by atoms with Crippen LogP contribution in [0.2, 0.25) is 0 Å². The Labute approximate surface area is 87.9 Å². The number of hydrogen-bond acceptors (Lipinski definition) is 4. The molecular formula is C11H5FO4. The summed E-state index contributed by atoms with van der Waals surface area (Å²) in [6, 6.07) is 4.56. The monoisotopic (exact) mass is 220 g/mol. The van der Waals surface area contributed by atoms with E-state index in [0.29, 0.717) is 0 Å². The predicted octanol–water partition coefficient (Wildman–Crippen LogP) is 0.154. The lowest BCUT2D eigenvalue weighted by Crippen LogP contribution is -2.29. The molecule has 0 bridgehead atoms. The van der Waals surface area contributed by atoms with E-state index in [1.165, 1.54) is 12.1 Å². The average molecular weight is 220 g/mol. The van der Waals surface area contributed by atoms with Gasteiger partial charge in [-0.05, 0) is 17.7 Å². The first-order valence-electron chi connectivity index (χ1n) is 4.35. The van der Waals surface area contributed by atoms with Gasteiger partial charge < -0.3 is 5.11 Å². The molecule has 2 aromatic carbocycles. The van der Waals surface area contributed by atoms with Crippen molar-refractivity contribution in [1.82, 2.24) is 0 Å². The first-order valence-corrected chi connectivity index (χ1v) is 4.35. The van der Waals surface area contributed by atoms with Crippen LogP contribution in [0.5, 0.6) is 5.75 Å². The Morgan fingerprint density at radius 1 is 0.875 bits per heavy atom. The van der Waals surface area contributed by atoms with E-state index in [1.54, 1.807) is 0 Å². The maximum absolute atomic E-state index is 12.6. The van der Waals surface area contributed by atoms with Crippen LogP contribution in [-0.2, 0) is 0 Å². The Morgan fingerprint density at radius 3 is 1.88 bits per heavy atom. The molecule has 0 amide bonds. The Morgan fingerprint density at radius 2 is 1.44 bits per heavy atom. The van der Waals surface area contributed by atoms with Crippen molar-refractivity contribution in [2.75, 3.05) is 0 Å². The third-order valence-electron chi connectivity index (χ3n) is 2.22. The molecule has 0 unspecified atom stereocenters. The fraction of sp³-hybridized carbons (Fsp3) is 0. The van der Waals surface area contributed by atoms with Crippen molar-refractivity contribution in [3.63, 3.8) is 0 Å². The summed E-state index contributed by atoms with van der Waals surface area (Å²) in [5.74, 6) is -1.39. The molecule has 2 rings (SSSR count). The zero-order chi connectivity index (χ0) is 11.9. The fourth-order valence-corrected chi connectivity index (χ4v) is 1.43. The molecule has 0 saturated heterocycles. The van der Waals surface area contributed by atoms with Gasteiger partial charge in [0.25, 0.3) is 10.9 Å². The molecule has 0 radical (unpaired) electrons. The van der Waals surface area contributed by atoms with Gasteiger partial charge in [-0.1, -0.05) is 12.1 Å². The first-order chi connectivity index (χ1) is 7.52. The van der Waals surface area contributed by atoms with Gasteiger partial charge in [0.05, 0.1) is 5.56 Å². The van der Waals surface area contributed by atoms with Gasteiger partial charge in [0.1, 0.15) is 5.82 Å². The quantitative estimate of drug-likeness (QED) is 0.694. The number of hydrogen-bond donors (Lipinski definition) is 1. The molecule has 0 spiro atoms. The van der Waals surface area contributed by atoms with Crippen LogP contribution in [0.1, 0.15) is 0 Å². The molecule has 80 valence electrons. The molecule has 0 atom stereocenters. The van der Waals surface area contributed by atoms with Crippen LogP contribution in [0.3, 0.4) is 0 Å². The van der Waals surface area contributed by atoms with E-state index in [-0.39, 0.29) is 11.1 Å². The molecule has 0 saturated carbocycles. The number of benzene rings is 1. The molecule has 0 fully saturated rings. The van der Waals surface area contributed by atoms with Crippen molar-refractivity contribution in [1.29, 1.82) is 0 Å². The highest BCUT2D eigenvalue weighted by atomic mass is 19.1. The van der Waals surface area contributed by atoms with E-state index < -0.39 is 27.9 Å². The molecule has 0 aliphatic rings. The zero-order valence-electron chi connectivity index (χ0n) is 7.86. The van der Waals surface area contributed by atoms with E-state index in [0.717, 1.165) is 12.1 Å². The standard InChI is InChI=1S/C11H5FO4/c12-6-3-1-5(2-4-6)7-8(13)10(15)11(16)9(7)14/h1-4,13H. The summed E-state index contributed by atoms with van der Waals surface area (Å²) in [4.78, 5) is 33.3. The van der Waals surface area contributed by atoms with E-state index >= 15 is 0 Å². The van der Waals surface area contributed by atoms with Gasteiger partial charge in [0.15, 0.2) is 5.75 Å². The number of halogens is 1. The van der Waals surface area contributed by atoms with Crippen LogP contribution in [-0.4, -0.2) is 5.11 Å². The minimum atomic E-state index is -1.27. The lowest BCUT2D eigenvalue weighted by molar-refractivity contribution is 0.474. The van der Waals surface area contributed by atoms with Crippen LogP contribution in [0, 0.1) is 5.82 Å². The Hall–Kier alpha value is -2.30. The molecule has 0 heterocycles. The molecule has 4 nitrogen and oxygen atoms in total. The second kappa shape index (κ2) is 3.37. The highest BCUT2D eigenvalue weighted by Gasteiger charge is 2.20. The van der Waals surface area contributed by atoms with Gasteiger partial charge in [-0.2, -0.15) is 0 Å². The molecule has 2 aromatic rings. The summed E-state index contributed by atoms with van der Waals surface area (Å²) in [6.07, 6.45) is 0. The number of rotatable bonds is 1. The molecule has 5 heteroatoms. The van der Waals surface area contributed by atoms with Gasteiger partial charge in [-0.15, -0.1) is 0 Å². The van der Waals surface area contributed by atoms with Gasteiger partial charge in [0.2, 0.25) is 5.43 Å². The number of aromatic hydroxyl groups is 1. The van der Waals surface area contributed by atoms with Crippen molar-refractivity contribution in [3.8, 4) is 16.9 Å². The molecule has 1 N–H and O–H groups in total. The van der Waals surface area contributed by atoms with Gasteiger partial charge in [-0.3, -0.25) is 14.4 Å². The van der Waals surface area contributed by atoms with Crippen molar-refractivity contribution in [2.24, 2.45) is 0 Å². The Bertz CT molecular complexity index is 679. The van der Waals surface area contributed by atoms with Crippen molar-refractivity contribution in [2.45, 2.75) is 0 Å². The smallest absolute Gasteiger partial charge is 0.277 e. The maximum atomic E-state index is 12.6. The van der Waals surface area contributed by atoms with Crippen LogP contribution < -0.4 is 16.3 Å². The maximum Gasteiger partial charge on any atom is 0.277 e. The highest BCUT2D eigenvalue weighted by Crippen LogP contribution is 2.21.